The van der Waals surface area contributed by atoms with Crippen LogP contribution in [0.25, 0.3) is 0 Å². The van der Waals surface area contributed by atoms with Crippen LogP contribution in [0.1, 0.15) is 118 Å². The molecule has 0 saturated heterocycles. The molecule has 0 atom stereocenters. The van der Waals surface area contributed by atoms with Crippen molar-refractivity contribution < 1.29 is 0 Å². The molecule has 2 aliphatic rings. The molecule has 214 valence electrons. The Balaban J connectivity index is 1.64. The first-order chi connectivity index (χ1) is 19.6. The Morgan fingerprint density at radius 1 is 0.800 bits per heavy atom. The lowest BCUT2D eigenvalue weighted by Gasteiger charge is -2.26. The van der Waals surface area contributed by atoms with Crippen molar-refractivity contribution in [3.8, 4) is 12.1 Å². The summed E-state index contributed by atoms with van der Waals surface area (Å²) in [6.45, 7) is 4.66. The van der Waals surface area contributed by atoms with Gasteiger partial charge in [0.15, 0.2) is 0 Å². The standard InChI is InChI=1S/C32H42N4S4/c1-3-32(2,28-20-24(30(39-28)37-18-10-16-33)22-35-26-12-6-4-7-13-26)29-21-25(31(40-29)38-19-11-17-34)23-36-27-14-8-5-9-15-27/h20-23,26-27H,3-15,18-19H2,1-2H3. The first-order valence-corrected chi connectivity index (χ1v) is 18.5. The average molecular weight is 611 g/mol. The lowest BCUT2D eigenvalue weighted by molar-refractivity contribution is 0.444. The summed E-state index contributed by atoms with van der Waals surface area (Å²) >= 11 is 7.36. The van der Waals surface area contributed by atoms with Gasteiger partial charge in [0.2, 0.25) is 0 Å². The van der Waals surface area contributed by atoms with Crippen LogP contribution in [0.5, 0.6) is 0 Å². The van der Waals surface area contributed by atoms with E-state index < -0.39 is 0 Å². The average Bonchev–Trinajstić information content (AvgIpc) is 3.60. The summed E-state index contributed by atoms with van der Waals surface area (Å²) in [5.74, 6) is 1.62. The summed E-state index contributed by atoms with van der Waals surface area (Å²) in [7, 11) is 0. The Labute approximate surface area is 257 Å². The minimum Gasteiger partial charge on any atom is -0.289 e. The molecule has 0 amide bonds. The van der Waals surface area contributed by atoms with Gasteiger partial charge in [-0.15, -0.1) is 46.2 Å². The van der Waals surface area contributed by atoms with Gasteiger partial charge in [-0.05, 0) is 51.2 Å². The molecule has 0 N–H and O–H groups in total. The summed E-state index contributed by atoms with van der Waals surface area (Å²) in [5, 5.41) is 18.3. The van der Waals surface area contributed by atoms with Crippen molar-refractivity contribution in [2.45, 2.75) is 123 Å². The van der Waals surface area contributed by atoms with E-state index in [1.807, 2.05) is 22.7 Å². The predicted molar refractivity (Wildman–Crippen MR) is 176 cm³/mol. The third-order valence-electron chi connectivity index (χ3n) is 8.14. The molecule has 0 bridgehead atoms. The monoisotopic (exact) mass is 610 g/mol. The van der Waals surface area contributed by atoms with Crippen LogP contribution >= 0.6 is 46.2 Å². The number of hydrogen-bond donors (Lipinski definition) is 0. The Kier molecular flexibility index (Phi) is 12.7. The molecule has 40 heavy (non-hydrogen) atoms. The predicted octanol–water partition coefficient (Wildman–Crippen LogP) is 10.0. The van der Waals surface area contributed by atoms with Crippen molar-refractivity contribution in [1.82, 2.24) is 0 Å². The number of nitriles is 2. The Morgan fingerprint density at radius 2 is 1.23 bits per heavy atom. The minimum atomic E-state index is -0.113. The number of thiophene rings is 2. The van der Waals surface area contributed by atoms with E-state index >= 15 is 0 Å². The van der Waals surface area contributed by atoms with Crippen molar-refractivity contribution in [3.63, 3.8) is 0 Å². The first-order valence-electron chi connectivity index (χ1n) is 14.9. The molecule has 2 heterocycles. The number of aliphatic imine (C=N–C) groups is 2. The second-order valence-corrected chi connectivity index (χ2v) is 15.9. The summed E-state index contributed by atoms with van der Waals surface area (Å²) in [6, 6.07) is 10.2. The third-order valence-corrected chi connectivity index (χ3v) is 13.6. The lowest BCUT2D eigenvalue weighted by Crippen LogP contribution is -2.19. The highest BCUT2D eigenvalue weighted by Gasteiger charge is 2.33. The zero-order valence-electron chi connectivity index (χ0n) is 24.0. The van der Waals surface area contributed by atoms with Crippen molar-refractivity contribution in [3.05, 3.63) is 33.0 Å². The van der Waals surface area contributed by atoms with Crippen molar-refractivity contribution in [2.75, 3.05) is 11.5 Å². The molecule has 2 saturated carbocycles. The van der Waals surface area contributed by atoms with Gasteiger partial charge in [0.05, 0.1) is 20.6 Å². The number of thioether (sulfide) groups is 2. The summed E-state index contributed by atoms with van der Waals surface area (Å²) in [4.78, 5) is 12.8. The van der Waals surface area contributed by atoms with E-state index in [-0.39, 0.29) is 5.41 Å². The van der Waals surface area contributed by atoms with Gasteiger partial charge < -0.3 is 0 Å². The second-order valence-electron chi connectivity index (χ2n) is 11.0. The van der Waals surface area contributed by atoms with Gasteiger partial charge in [0, 0.05) is 75.2 Å². The van der Waals surface area contributed by atoms with E-state index in [0.29, 0.717) is 24.9 Å². The summed E-state index contributed by atoms with van der Waals surface area (Å²) < 4.78 is 2.56. The Hall–Kier alpha value is -1.58. The van der Waals surface area contributed by atoms with Crippen molar-refractivity contribution in [2.24, 2.45) is 9.98 Å². The van der Waals surface area contributed by atoms with Gasteiger partial charge in [0.1, 0.15) is 0 Å². The maximum absolute atomic E-state index is 9.13. The molecule has 0 spiro atoms. The van der Waals surface area contributed by atoms with Crippen LogP contribution in [0.2, 0.25) is 0 Å². The normalized spacial score (nSPS) is 18.7. The maximum atomic E-state index is 9.13. The zero-order chi connectivity index (χ0) is 28.2. The highest BCUT2D eigenvalue weighted by molar-refractivity contribution is 8.01. The minimum absolute atomic E-state index is 0.113. The Bertz CT molecular complexity index is 1130. The fourth-order valence-corrected chi connectivity index (χ4v) is 10.5. The largest absolute Gasteiger partial charge is 0.289 e. The third kappa shape index (κ3) is 8.48. The Morgan fingerprint density at radius 3 is 1.60 bits per heavy atom. The van der Waals surface area contributed by atoms with Gasteiger partial charge in [-0.3, -0.25) is 9.98 Å². The van der Waals surface area contributed by atoms with Crippen LogP contribution in [-0.4, -0.2) is 36.0 Å². The van der Waals surface area contributed by atoms with Gasteiger partial charge in [-0.25, -0.2) is 0 Å². The topological polar surface area (TPSA) is 72.3 Å². The molecule has 2 aliphatic carbocycles. The summed E-state index contributed by atoms with van der Waals surface area (Å²) in [6.07, 6.45) is 19.0. The van der Waals surface area contributed by atoms with Gasteiger partial charge in [0.25, 0.3) is 0 Å². The SMILES string of the molecule is CCC(C)(c1cc(C=NC2CCCCC2)c(SCCC#N)s1)c1cc(C=NC2CCCCC2)c(SCCC#N)s1. The quantitative estimate of drug-likeness (QED) is 0.128. The maximum Gasteiger partial charge on any atom is 0.0690 e. The fourth-order valence-electron chi connectivity index (χ4n) is 5.41. The molecule has 4 rings (SSSR count). The number of rotatable bonds is 13. The van der Waals surface area contributed by atoms with E-state index in [1.54, 1.807) is 23.5 Å². The zero-order valence-corrected chi connectivity index (χ0v) is 27.3. The van der Waals surface area contributed by atoms with E-state index in [9.17, 15) is 0 Å². The van der Waals surface area contributed by atoms with E-state index in [2.05, 4.69) is 50.5 Å². The van der Waals surface area contributed by atoms with Crippen LogP contribution in [0.15, 0.2) is 30.5 Å². The lowest BCUT2D eigenvalue weighted by atomic mass is 9.83. The molecule has 2 aromatic rings. The molecule has 0 radical (unpaired) electrons. The van der Waals surface area contributed by atoms with Gasteiger partial charge in [-0.2, -0.15) is 10.5 Å². The molecule has 2 aromatic heterocycles. The van der Waals surface area contributed by atoms with Crippen LogP contribution in [-0.2, 0) is 5.41 Å². The van der Waals surface area contributed by atoms with Crippen molar-refractivity contribution in [1.29, 1.82) is 10.5 Å². The van der Waals surface area contributed by atoms with Crippen molar-refractivity contribution >= 4 is 58.6 Å². The van der Waals surface area contributed by atoms with Crippen LogP contribution in [0.4, 0.5) is 0 Å². The molecule has 2 fully saturated rings. The first kappa shape index (κ1) is 31.4. The highest BCUT2D eigenvalue weighted by atomic mass is 32.2. The molecule has 0 unspecified atom stereocenters. The van der Waals surface area contributed by atoms with Crippen LogP contribution < -0.4 is 0 Å². The molecular weight excluding hydrogens is 569 g/mol. The van der Waals surface area contributed by atoms with Gasteiger partial charge >= 0.3 is 0 Å². The van der Waals surface area contributed by atoms with Crippen LogP contribution in [0.3, 0.4) is 0 Å². The molecule has 0 aromatic carbocycles. The smallest absolute Gasteiger partial charge is 0.0690 e. The van der Waals surface area contributed by atoms with E-state index in [4.69, 9.17) is 20.5 Å². The highest BCUT2D eigenvalue weighted by Crippen LogP contribution is 2.47. The van der Waals surface area contributed by atoms with Crippen LogP contribution in [0, 0.1) is 22.7 Å². The van der Waals surface area contributed by atoms with E-state index in [0.717, 1.165) is 17.9 Å². The molecule has 4 nitrogen and oxygen atoms in total. The molecule has 8 heteroatoms. The van der Waals surface area contributed by atoms with E-state index in [1.165, 1.54) is 93.5 Å². The summed E-state index contributed by atoms with van der Waals surface area (Å²) in [5.41, 5.74) is 2.32. The second kappa shape index (κ2) is 16.2. The fraction of sp³-hybridized carbons (Fsp3) is 0.625. The van der Waals surface area contributed by atoms with Gasteiger partial charge in [-0.1, -0.05) is 45.4 Å². The number of hydrogen-bond acceptors (Lipinski definition) is 8. The molecule has 0 aliphatic heterocycles. The molecular formula is C32H42N4S4. The number of nitrogens with zero attached hydrogens (tertiary/aromatic N) is 4.